The van der Waals surface area contributed by atoms with Crippen LogP contribution in [-0.4, -0.2) is 37.2 Å². The molecule has 0 aliphatic heterocycles. The molecule has 0 N–H and O–H groups in total. The summed E-state index contributed by atoms with van der Waals surface area (Å²) in [4.78, 5) is 38.3. The van der Waals surface area contributed by atoms with Crippen LogP contribution >= 0.6 is 0 Å². The third-order valence-electron chi connectivity index (χ3n) is 14.3. The van der Waals surface area contributed by atoms with Gasteiger partial charge in [0.05, 0.1) is 0 Å². The highest BCUT2D eigenvalue weighted by Gasteiger charge is 2.19. The summed E-state index contributed by atoms with van der Waals surface area (Å²) in [6, 6.07) is 0. The van der Waals surface area contributed by atoms with Crippen molar-refractivity contribution in [2.75, 3.05) is 13.2 Å². The molecule has 1 unspecified atom stereocenters. The molecule has 0 fully saturated rings. The van der Waals surface area contributed by atoms with Gasteiger partial charge in [0.1, 0.15) is 13.2 Å². The molecule has 0 amide bonds. The number of carbonyl (C=O) groups excluding carboxylic acids is 3. The molecule has 0 aromatic rings. The molecule has 0 spiro atoms. The molecule has 470 valence electrons. The maximum Gasteiger partial charge on any atom is 0.306 e. The lowest BCUT2D eigenvalue weighted by molar-refractivity contribution is -0.167. The Morgan fingerprint density at radius 1 is 0.253 bits per heavy atom. The van der Waals surface area contributed by atoms with Crippen LogP contribution in [0.5, 0.6) is 0 Å². The molecule has 0 aliphatic rings. The summed E-state index contributed by atoms with van der Waals surface area (Å²) in [5.74, 6) is -0.903. The van der Waals surface area contributed by atoms with Crippen LogP contribution in [0, 0.1) is 0 Å². The van der Waals surface area contributed by atoms with Crippen molar-refractivity contribution in [3.8, 4) is 0 Å². The number of unbranched alkanes of at least 4 members (excludes halogenated alkanes) is 26. The SMILES string of the molecule is CC/C=C\C/C=C\C/C=C\C/C=C\C/C=C\C/C=C\C/C=C\C/C=C\C/C=C\CCCCCCCCCC(=O)OCC(COC(=O)CCCCCCCCCCCCCCC)OC(=O)CCCCCCCCC/C=C\C/C=C\C/C=C\CC. The molecule has 0 bridgehead atoms. The fourth-order valence-corrected chi connectivity index (χ4v) is 9.27. The highest BCUT2D eigenvalue weighted by atomic mass is 16.6. The van der Waals surface area contributed by atoms with Crippen molar-refractivity contribution in [3.05, 3.63) is 146 Å². The van der Waals surface area contributed by atoms with Gasteiger partial charge in [-0.1, -0.05) is 308 Å². The summed E-state index contributed by atoms with van der Waals surface area (Å²) in [5, 5.41) is 0. The predicted octanol–water partition coefficient (Wildman–Crippen LogP) is 23.9. The molecule has 0 saturated heterocycles. The number of esters is 3. The Bertz CT molecular complexity index is 1800. The van der Waals surface area contributed by atoms with E-state index in [9.17, 15) is 14.4 Å². The third-order valence-corrected chi connectivity index (χ3v) is 14.3. The lowest BCUT2D eigenvalue weighted by Gasteiger charge is -2.18. The van der Waals surface area contributed by atoms with E-state index in [1.807, 2.05) is 0 Å². The molecule has 1 atom stereocenters. The number of ether oxygens (including phenoxy) is 3. The number of hydrogen-bond donors (Lipinski definition) is 0. The van der Waals surface area contributed by atoms with E-state index in [2.05, 4.69) is 167 Å². The molecule has 6 nitrogen and oxygen atoms in total. The van der Waals surface area contributed by atoms with E-state index < -0.39 is 6.10 Å². The quantitative estimate of drug-likeness (QED) is 0.0261. The van der Waals surface area contributed by atoms with Crippen LogP contribution in [0.25, 0.3) is 0 Å². The van der Waals surface area contributed by atoms with Crippen LogP contribution < -0.4 is 0 Å². The Hall–Kier alpha value is -4.71. The highest BCUT2D eigenvalue weighted by Crippen LogP contribution is 2.16. The van der Waals surface area contributed by atoms with Gasteiger partial charge in [-0.15, -0.1) is 0 Å². The minimum absolute atomic E-state index is 0.0865. The first-order chi connectivity index (χ1) is 41.0. The largest absolute Gasteiger partial charge is 0.462 e. The Balaban J connectivity index is 4.29. The molecule has 0 aromatic heterocycles. The van der Waals surface area contributed by atoms with Gasteiger partial charge in [-0.2, -0.15) is 0 Å². The first kappa shape index (κ1) is 78.3. The lowest BCUT2D eigenvalue weighted by Crippen LogP contribution is -2.30. The summed E-state index contributed by atoms with van der Waals surface area (Å²) in [6.45, 7) is 6.41. The van der Waals surface area contributed by atoms with Gasteiger partial charge in [-0.25, -0.2) is 0 Å². The van der Waals surface area contributed by atoms with Crippen molar-refractivity contribution >= 4 is 17.9 Å². The minimum atomic E-state index is -0.792. The first-order valence-corrected chi connectivity index (χ1v) is 34.3. The number of hydrogen-bond acceptors (Lipinski definition) is 6. The van der Waals surface area contributed by atoms with Gasteiger partial charge in [0.25, 0.3) is 0 Å². The van der Waals surface area contributed by atoms with E-state index in [4.69, 9.17) is 14.2 Å². The summed E-state index contributed by atoms with van der Waals surface area (Å²) in [6.07, 6.45) is 100. The van der Waals surface area contributed by atoms with E-state index in [1.54, 1.807) is 0 Å². The molecule has 83 heavy (non-hydrogen) atoms. The molecule has 0 aliphatic carbocycles. The maximum absolute atomic E-state index is 12.9. The molecule has 0 rings (SSSR count). The Labute approximate surface area is 512 Å². The van der Waals surface area contributed by atoms with E-state index in [-0.39, 0.29) is 31.1 Å². The molecule has 6 heteroatoms. The zero-order chi connectivity index (χ0) is 59.9. The maximum atomic E-state index is 12.9. The van der Waals surface area contributed by atoms with Crippen LogP contribution in [-0.2, 0) is 28.6 Å². The van der Waals surface area contributed by atoms with Crippen molar-refractivity contribution in [3.63, 3.8) is 0 Å². The van der Waals surface area contributed by atoms with E-state index in [0.29, 0.717) is 19.3 Å². The lowest BCUT2D eigenvalue weighted by atomic mass is 10.0. The Morgan fingerprint density at radius 3 is 0.735 bits per heavy atom. The van der Waals surface area contributed by atoms with Crippen LogP contribution in [0.3, 0.4) is 0 Å². The minimum Gasteiger partial charge on any atom is -0.462 e. The average Bonchev–Trinajstić information content (AvgIpc) is 3.49. The second kappa shape index (κ2) is 69.8. The van der Waals surface area contributed by atoms with Gasteiger partial charge in [0, 0.05) is 19.3 Å². The standard InChI is InChI=1S/C77H126O6/c1-4-7-10-13-16-19-22-25-27-29-30-31-32-33-34-35-36-37-38-39-40-41-42-43-44-45-46-48-49-52-55-58-61-64-67-70-76(79)82-73-74(72-81-75(78)69-66-63-60-57-54-51-24-21-18-15-12-9-6-3)83-77(80)71-68-65-62-59-56-53-50-47-28-26-23-20-17-14-11-8-5-2/h7-8,10-11,16-17,19-20,25-28,30-31,33-34,36-37,39-40,42-43,45-46,74H,4-6,9,12-15,18,21-24,29,32,35,38,41,44,47-73H2,1-3H3/b10-7-,11-8-,19-16-,20-17-,27-25-,28-26-,31-30-,34-33-,37-36-,40-39-,43-42-,46-45-. The van der Waals surface area contributed by atoms with Crippen LogP contribution in [0.1, 0.15) is 303 Å². The first-order valence-electron chi connectivity index (χ1n) is 34.3. The van der Waals surface area contributed by atoms with E-state index >= 15 is 0 Å². The molecular formula is C77H126O6. The summed E-state index contributed by atoms with van der Waals surface area (Å²) >= 11 is 0. The molecule has 0 heterocycles. The normalized spacial score (nSPS) is 13.0. The summed E-state index contributed by atoms with van der Waals surface area (Å²) in [5.41, 5.74) is 0. The van der Waals surface area contributed by atoms with Crippen LogP contribution in [0.15, 0.2) is 146 Å². The molecular weight excluding hydrogens is 1020 g/mol. The number of rotatable bonds is 61. The number of carbonyl (C=O) groups is 3. The Morgan fingerprint density at radius 2 is 0.470 bits per heavy atom. The Kier molecular flexibility index (Phi) is 65.8. The van der Waals surface area contributed by atoms with Gasteiger partial charge in [0.15, 0.2) is 6.10 Å². The fraction of sp³-hybridized carbons (Fsp3) is 0.649. The highest BCUT2D eigenvalue weighted by molar-refractivity contribution is 5.71. The second-order valence-electron chi connectivity index (χ2n) is 22.3. The van der Waals surface area contributed by atoms with Crippen molar-refractivity contribution in [1.29, 1.82) is 0 Å². The average molecular weight is 1150 g/mol. The van der Waals surface area contributed by atoms with Gasteiger partial charge in [0.2, 0.25) is 0 Å². The molecule has 0 aromatic carbocycles. The number of allylic oxidation sites excluding steroid dienone is 24. The second-order valence-corrected chi connectivity index (χ2v) is 22.3. The van der Waals surface area contributed by atoms with E-state index in [0.717, 1.165) is 148 Å². The van der Waals surface area contributed by atoms with Gasteiger partial charge < -0.3 is 14.2 Å². The van der Waals surface area contributed by atoms with Crippen molar-refractivity contribution < 1.29 is 28.6 Å². The summed E-state index contributed by atoms with van der Waals surface area (Å²) in [7, 11) is 0. The third kappa shape index (κ3) is 68.0. The summed E-state index contributed by atoms with van der Waals surface area (Å²) < 4.78 is 16.9. The molecule has 0 saturated carbocycles. The zero-order valence-corrected chi connectivity index (χ0v) is 53.9. The van der Waals surface area contributed by atoms with Crippen molar-refractivity contribution in [2.24, 2.45) is 0 Å². The van der Waals surface area contributed by atoms with Crippen molar-refractivity contribution in [2.45, 2.75) is 309 Å². The van der Waals surface area contributed by atoms with Crippen molar-refractivity contribution in [1.82, 2.24) is 0 Å². The smallest absolute Gasteiger partial charge is 0.306 e. The van der Waals surface area contributed by atoms with Crippen LogP contribution in [0.2, 0.25) is 0 Å². The topological polar surface area (TPSA) is 78.9 Å². The van der Waals surface area contributed by atoms with E-state index in [1.165, 1.54) is 116 Å². The van der Waals surface area contributed by atoms with Crippen LogP contribution in [0.4, 0.5) is 0 Å². The monoisotopic (exact) mass is 1150 g/mol. The molecule has 0 radical (unpaired) electrons. The van der Waals surface area contributed by atoms with Gasteiger partial charge >= 0.3 is 17.9 Å². The zero-order valence-electron chi connectivity index (χ0n) is 53.9. The van der Waals surface area contributed by atoms with Gasteiger partial charge in [-0.05, 0) is 122 Å². The predicted molar refractivity (Wildman–Crippen MR) is 362 cm³/mol. The fourth-order valence-electron chi connectivity index (χ4n) is 9.27. The van der Waals surface area contributed by atoms with Gasteiger partial charge in [-0.3, -0.25) is 14.4 Å².